The van der Waals surface area contributed by atoms with Gasteiger partial charge in [-0.05, 0) is 24.6 Å². The highest BCUT2D eigenvalue weighted by Gasteiger charge is 2.41. The quantitative estimate of drug-likeness (QED) is 0.487. The number of anilines is 3. The molecule has 1 aliphatic rings. The van der Waals surface area contributed by atoms with Crippen LogP contribution >= 0.6 is 11.6 Å². The summed E-state index contributed by atoms with van der Waals surface area (Å²) >= 11 is 6.16. The maximum atomic E-state index is 13.9. The van der Waals surface area contributed by atoms with Gasteiger partial charge in [0.05, 0.1) is 35.2 Å². The molecule has 15 heteroatoms. The van der Waals surface area contributed by atoms with Gasteiger partial charge in [-0.25, -0.2) is 24.5 Å². The van der Waals surface area contributed by atoms with Crippen molar-refractivity contribution in [1.82, 2.24) is 25.2 Å². The number of rotatable bonds is 4. The monoisotopic (exact) mass is 483 g/mol. The number of nitrogens with two attached hydrogens (primary N) is 1. The molecule has 1 aliphatic heterocycles. The highest BCUT2D eigenvalue weighted by molar-refractivity contribution is 6.33. The summed E-state index contributed by atoms with van der Waals surface area (Å²) in [6.07, 6.45) is -1.49. The Morgan fingerprint density at radius 3 is 2.67 bits per heavy atom. The molecule has 10 nitrogen and oxygen atoms in total. The molecule has 33 heavy (non-hydrogen) atoms. The van der Waals surface area contributed by atoms with Gasteiger partial charge in [-0.2, -0.15) is 28.5 Å². The van der Waals surface area contributed by atoms with Crippen LogP contribution in [-0.2, 0) is 6.18 Å². The largest absolute Gasteiger partial charge is 0.434 e. The van der Waals surface area contributed by atoms with Crippen LogP contribution in [-0.4, -0.2) is 38.4 Å². The predicted molar refractivity (Wildman–Crippen MR) is 112 cm³/mol. The number of amides is 1. The lowest BCUT2D eigenvalue weighted by atomic mass is 10.2. The van der Waals surface area contributed by atoms with E-state index in [0.717, 1.165) is 12.3 Å². The van der Waals surface area contributed by atoms with E-state index >= 15 is 0 Å². The number of pyridine rings is 2. The number of hydrogen-bond donors (Lipinski definition) is 3. The SMILES string of the molecule is Cc1cc(F)c(N)nc1-n1ncc(C(=O)Nc2cnc(N3N=CCN3)c(Cl)c2)c1C(F)(F)F. The normalized spacial score (nSPS) is 13.6. The van der Waals surface area contributed by atoms with Crippen molar-refractivity contribution in [2.75, 3.05) is 22.7 Å². The number of carbonyl (C=O) groups is 1. The maximum absolute atomic E-state index is 13.9. The second kappa shape index (κ2) is 8.29. The zero-order valence-corrected chi connectivity index (χ0v) is 17.4. The zero-order valence-electron chi connectivity index (χ0n) is 16.7. The van der Waals surface area contributed by atoms with Crippen molar-refractivity contribution in [2.45, 2.75) is 13.1 Å². The molecule has 0 bridgehead atoms. The molecule has 0 fully saturated rings. The number of aryl methyl sites for hydroxylation is 1. The molecule has 0 aromatic carbocycles. The number of alkyl halides is 3. The number of nitrogens with zero attached hydrogens (tertiary/aromatic N) is 6. The van der Waals surface area contributed by atoms with Gasteiger partial charge in [-0.15, -0.1) is 0 Å². The first-order chi connectivity index (χ1) is 15.6. The molecule has 1 amide bonds. The van der Waals surface area contributed by atoms with Crippen molar-refractivity contribution >= 4 is 41.0 Å². The van der Waals surface area contributed by atoms with E-state index in [4.69, 9.17) is 17.3 Å². The van der Waals surface area contributed by atoms with Crippen molar-refractivity contribution < 1.29 is 22.4 Å². The molecule has 0 atom stereocenters. The van der Waals surface area contributed by atoms with Crippen molar-refractivity contribution in [3.63, 3.8) is 0 Å². The van der Waals surface area contributed by atoms with E-state index in [1.165, 1.54) is 24.3 Å². The van der Waals surface area contributed by atoms with Crippen molar-refractivity contribution in [3.05, 3.63) is 52.2 Å². The standard InChI is InChI=1S/C18H14ClF4N9O/c1-8-4-12(20)14(24)30-15(8)31-13(18(21,22)23)10(7-28-31)17(33)29-9-5-11(19)16(25-6-9)32-26-2-3-27-32/h2,4-7,27H,3H2,1H3,(H2,24,30)(H,29,33). The molecule has 3 aromatic rings. The minimum absolute atomic E-state index is 0.0343. The van der Waals surface area contributed by atoms with Gasteiger partial charge in [0.1, 0.15) is 0 Å². The highest BCUT2D eigenvalue weighted by atomic mass is 35.5. The molecule has 172 valence electrons. The topological polar surface area (TPSA) is 126 Å². The summed E-state index contributed by atoms with van der Waals surface area (Å²) in [6.45, 7) is 1.80. The van der Waals surface area contributed by atoms with E-state index in [9.17, 15) is 22.4 Å². The van der Waals surface area contributed by atoms with Crippen LogP contribution in [0.2, 0.25) is 5.02 Å². The fraction of sp³-hybridized carbons (Fsp3) is 0.167. The minimum Gasteiger partial charge on any atom is -0.381 e. The summed E-state index contributed by atoms with van der Waals surface area (Å²) in [5.74, 6) is -2.75. The maximum Gasteiger partial charge on any atom is 0.434 e. The summed E-state index contributed by atoms with van der Waals surface area (Å²) in [6, 6.07) is 2.23. The number of aromatic nitrogens is 4. The Balaban J connectivity index is 1.68. The molecule has 4 heterocycles. The third-order valence-electron chi connectivity index (χ3n) is 4.46. The molecule has 4 N–H and O–H groups in total. The Morgan fingerprint density at radius 2 is 2.03 bits per heavy atom. The fourth-order valence-corrected chi connectivity index (χ4v) is 3.27. The molecule has 0 spiro atoms. The van der Waals surface area contributed by atoms with Crippen LogP contribution in [0.15, 0.2) is 29.6 Å². The third kappa shape index (κ3) is 4.29. The molecule has 0 radical (unpaired) electrons. The number of halogens is 5. The Labute approximate surface area is 188 Å². The molecule has 3 aromatic heterocycles. The average Bonchev–Trinajstić information content (AvgIpc) is 3.40. The predicted octanol–water partition coefficient (Wildman–Crippen LogP) is 2.93. The number of hydrogen-bond acceptors (Lipinski definition) is 8. The van der Waals surface area contributed by atoms with Crippen molar-refractivity contribution in [1.29, 1.82) is 0 Å². The van der Waals surface area contributed by atoms with Crippen LogP contribution < -0.4 is 21.6 Å². The Bertz CT molecular complexity index is 1270. The van der Waals surface area contributed by atoms with Crippen LogP contribution in [0, 0.1) is 12.7 Å². The second-order valence-corrected chi connectivity index (χ2v) is 7.18. The van der Waals surface area contributed by atoms with E-state index in [0.29, 0.717) is 11.2 Å². The van der Waals surface area contributed by atoms with Gasteiger partial charge in [-0.3, -0.25) is 4.79 Å². The van der Waals surface area contributed by atoms with Crippen LogP contribution in [0.5, 0.6) is 0 Å². The van der Waals surface area contributed by atoms with Gasteiger partial charge in [0.25, 0.3) is 5.91 Å². The number of nitrogen functional groups attached to an aromatic ring is 1. The van der Waals surface area contributed by atoms with E-state index in [-0.39, 0.29) is 27.9 Å². The van der Waals surface area contributed by atoms with Crippen LogP contribution in [0.4, 0.5) is 34.9 Å². The molecule has 4 rings (SSSR count). The van der Waals surface area contributed by atoms with Gasteiger partial charge in [0.15, 0.2) is 29.0 Å². The van der Waals surface area contributed by atoms with E-state index in [2.05, 4.69) is 30.9 Å². The first kappa shape index (κ1) is 22.4. The molecule has 0 saturated carbocycles. The summed E-state index contributed by atoms with van der Waals surface area (Å²) in [4.78, 5) is 20.4. The van der Waals surface area contributed by atoms with Gasteiger partial charge in [0, 0.05) is 6.21 Å². The first-order valence-electron chi connectivity index (χ1n) is 9.17. The first-order valence-corrected chi connectivity index (χ1v) is 9.55. The van der Waals surface area contributed by atoms with Crippen LogP contribution in [0.3, 0.4) is 0 Å². The average molecular weight is 484 g/mol. The molecular weight excluding hydrogens is 470 g/mol. The number of nitrogens with one attached hydrogen (secondary N) is 2. The molecule has 0 saturated heterocycles. The Kier molecular flexibility index (Phi) is 5.63. The minimum atomic E-state index is -5.00. The van der Waals surface area contributed by atoms with Crippen molar-refractivity contribution in [3.8, 4) is 5.82 Å². The number of hydrazone groups is 1. The Morgan fingerprint density at radius 1 is 1.27 bits per heavy atom. The number of carbonyl (C=O) groups excluding carboxylic acids is 1. The van der Waals surface area contributed by atoms with E-state index in [1.807, 2.05) is 0 Å². The van der Waals surface area contributed by atoms with Crippen molar-refractivity contribution in [2.24, 2.45) is 5.10 Å². The lowest BCUT2D eigenvalue weighted by Gasteiger charge is -2.16. The fourth-order valence-electron chi connectivity index (χ4n) is 3.02. The Hall–Kier alpha value is -3.78. The smallest absolute Gasteiger partial charge is 0.381 e. The molecule has 0 unspecified atom stereocenters. The van der Waals surface area contributed by atoms with Gasteiger partial charge in [-0.1, -0.05) is 11.6 Å². The van der Waals surface area contributed by atoms with Gasteiger partial charge >= 0.3 is 6.18 Å². The summed E-state index contributed by atoms with van der Waals surface area (Å²) in [5, 5.41) is 11.3. The second-order valence-electron chi connectivity index (χ2n) is 6.77. The lowest BCUT2D eigenvalue weighted by molar-refractivity contribution is -0.143. The van der Waals surface area contributed by atoms with Crippen LogP contribution in [0.25, 0.3) is 5.82 Å². The zero-order chi connectivity index (χ0) is 23.9. The third-order valence-corrected chi connectivity index (χ3v) is 4.74. The molecule has 0 aliphatic carbocycles. The van der Waals surface area contributed by atoms with E-state index in [1.54, 1.807) is 6.21 Å². The van der Waals surface area contributed by atoms with E-state index < -0.39 is 35.0 Å². The summed E-state index contributed by atoms with van der Waals surface area (Å²) in [5.41, 5.74) is 6.13. The van der Waals surface area contributed by atoms with Gasteiger partial charge < -0.3 is 11.1 Å². The van der Waals surface area contributed by atoms with Gasteiger partial charge in [0.2, 0.25) is 0 Å². The summed E-state index contributed by atoms with van der Waals surface area (Å²) in [7, 11) is 0. The highest BCUT2D eigenvalue weighted by Crippen LogP contribution is 2.35. The lowest BCUT2D eigenvalue weighted by Crippen LogP contribution is -2.29. The molecular formula is C18H14ClF4N9O. The summed E-state index contributed by atoms with van der Waals surface area (Å²) < 4.78 is 55.7. The number of hydrazine groups is 1. The van der Waals surface area contributed by atoms with Crippen LogP contribution in [0.1, 0.15) is 21.6 Å².